The van der Waals surface area contributed by atoms with Gasteiger partial charge in [-0.2, -0.15) is 5.10 Å². The molecule has 0 spiro atoms. The molecule has 3 nitrogen and oxygen atoms in total. The molecule has 0 aliphatic carbocycles. The van der Waals surface area contributed by atoms with Crippen LogP contribution in [0.15, 0.2) is 12.4 Å². The molecule has 1 aromatic heterocycles. The Balaban J connectivity index is 2.43. The molecule has 0 aliphatic rings. The molecular weight excluding hydrogens is 186 g/mol. The van der Waals surface area contributed by atoms with Crippen molar-refractivity contribution in [1.29, 1.82) is 0 Å². The van der Waals surface area contributed by atoms with E-state index in [9.17, 15) is 0 Å². The van der Waals surface area contributed by atoms with Gasteiger partial charge in [0.1, 0.15) is 0 Å². The van der Waals surface area contributed by atoms with Crippen LogP contribution in [0.3, 0.4) is 0 Å². The summed E-state index contributed by atoms with van der Waals surface area (Å²) in [6.07, 6.45) is 9.05. The van der Waals surface area contributed by atoms with Gasteiger partial charge in [0, 0.05) is 18.8 Å². The van der Waals surface area contributed by atoms with E-state index in [1.165, 1.54) is 24.8 Å². The third-order valence-electron chi connectivity index (χ3n) is 2.81. The fourth-order valence-corrected chi connectivity index (χ4v) is 1.77. The minimum absolute atomic E-state index is 0.597. The molecular formula is C12H23N3. The molecule has 1 aromatic rings. The molecule has 0 radical (unpaired) electrons. The molecule has 1 N–H and O–H groups in total. The second kappa shape index (κ2) is 6.62. The van der Waals surface area contributed by atoms with Gasteiger partial charge in [0.05, 0.1) is 6.20 Å². The molecule has 15 heavy (non-hydrogen) atoms. The van der Waals surface area contributed by atoms with Gasteiger partial charge >= 0.3 is 0 Å². The van der Waals surface area contributed by atoms with Gasteiger partial charge in [-0.05, 0) is 32.4 Å². The fourth-order valence-electron chi connectivity index (χ4n) is 1.77. The van der Waals surface area contributed by atoms with Crippen LogP contribution in [-0.4, -0.2) is 22.9 Å². The molecule has 0 amide bonds. The maximum Gasteiger partial charge on any atom is 0.0522 e. The second-order valence-corrected chi connectivity index (χ2v) is 4.04. The Morgan fingerprint density at radius 3 is 2.80 bits per heavy atom. The number of nitrogens with one attached hydrogen (secondary N) is 1. The lowest BCUT2D eigenvalue weighted by atomic mass is 10.0. The van der Waals surface area contributed by atoms with Crippen LogP contribution in [0.25, 0.3) is 0 Å². The first-order valence-corrected chi connectivity index (χ1v) is 5.98. The highest BCUT2D eigenvalue weighted by Gasteiger charge is 2.07. The number of likely N-dealkylation sites (N-methyl/N-ethyl adjacent to an activating group) is 1. The van der Waals surface area contributed by atoms with Gasteiger partial charge in [0.15, 0.2) is 0 Å². The van der Waals surface area contributed by atoms with Crippen LogP contribution < -0.4 is 5.32 Å². The minimum atomic E-state index is 0.597. The van der Waals surface area contributed by atoms with E-state index in [-0.39, 0.29) is 0 Å². The lowest BCUT2D eigenvalue weighted by Gasteiger charge is -2.14. The van der Waals surface area contributed by atoms with Gasteiger partial charge in [0.2, 0.25) is 0 Å². The monoisotopic (exact) mass is 209 g/mol. The van der Waals surface area contributed by atoms with Crippen molar-refractivity contribution in [2.75, 3.05) is 7.05 Å². The van der Waals surface area contributed by atoms with E-state index >= 15 is 0 Å². The maximum absolute atomic E-state index is 4.29. The Bertz CT molecular complexity index is 268. The highest BCUT2D eigenvalue weighted by Crippen LogP contribution is 2.08. The van der Waals surface area contributed by atoms with E-state index in [2.05, 4.69) is 30.5 Å². The molecule has 0 bridgehead atoms. The number of hydrogen-bond acceptors (Lipinski definition) is 2. The summed E-state index contributed by atoms with van der Waals surface area (Å²) >= 11 is 0. The van der Waals surface area contributed by atoms with Crippen LogP contribution in [0.5, 0.6) is 0 Å². The van der Waals surface area contributed by atoms with Crippen molar-refractivity contribution >= 4 is 0 Å². The fraction of sp³-hybridized carbons (Fsp3) is 0.750. The SMILES string of the molecule is CCCCC(Cc1cnn(CC)c1)NC. The molecule has 0 saturated carbocycles. The first kappa shape index (κ1) is 12.2. The first-order chi connectivity index (χ1) is 7.30. The number of rotatable bonds is 7. The van der Waals surface area contributed by atoms with Crippen molar-refractivity contribution < 1.29 is 0 Å². The molecule has 1 rings (SSSR count). The summed E-state index contributed by atoms with van der Waals surface area (Å²) < 4.78 is 1.99. The van der Waals surface area contributed by atoms with Crippen LogP contribution in [0.4, 0.5) is 0 Å². The largest absolute Gasteiger partial charge is 0.317 e. The number of hydrogen-bond donors (Lipinski definition) is 1. The highest BCUT2D eigenvalue weighted by molar-refractivity contribution is 5.06. The zero-order valence-corrected chi connectivity index (χ0v) is 10.2. The summed E-state index contributed by atoms with van der Waals surface area (Å²) in [5, 5.41) is 7.67. The van der Waals surface area contributed by atoms with Crippen LogP contribution in [0, 0.1) is 0 Å². The van der Waals surface area contributed by atoms with Crippen molar-refractivity contribution in [3.05, 3.63) is 18.0 Å². The predicted octanol–water partition coefficient (Wildman–Crippen LogP) is 2.22. The number of unbranched alkanes of at least 4 members (excludes halogenated alkanes) is 1. The summed E-state index contributed by atoms with van der Waals surface area (Å²) in [6, 6.07) is 0.597. The van der Waals surface area contributed by atoms with Crippen molar-refractivity contribution in [2.45, 2.75) is 52.1 Å². The molecule has 1 unspecified atom stereocenters. The first-order valence-electron chi connectivity index (χ1n) is 5.98. The van der Waals surface area contributed by atoms with E-state index in [1.54, 1.807) is 0 Å². The highest BCUT2D eigenvalue weighted by atomic mass is 15.3. The Morgan fingerprint density at radius 1 is 1.47 bits per heavy atom. The third kappa shape index (κ3) is 4.04. The van der Waals surface area contributed by atoms with Crippen LogP contribution in [-0.2, 0) is 13.0 Å². The Kier molecular flexibility index (Phi) is 5.40. The average molecular weight is 209 g/mol. The molecule has 0 fully saturated rings. The number of nitrogens with zero attached hydrogens (tertiary/aromatic N) is 2. The second-order valence-electron chi connectivity index (χ2n) is 4.04. The van der Waals surface area contributed by atoms with E-state index in [0.29, 0.717) is 6.04 Å². The topological polar surface area (TPSA) is 29.9 Å². The summed E-state index contributed by atoms with van der Waals surface area (Å²) in [7, 11) is 2.05. The van der Waals surface area contributed by atoms with E-state index in [1.807, 2.05) is 17.9 Å². The molecule has 1 atom stereocenters. The molecule has 3 heteroatoms. The predicted molar refractivity (Wildman–Crippen MR) is 64.0 cm³/mol. The van der Waals surface area contributed by atoms with Crippen molar-refractivity contribution in [1.82, 2.24) is 15.1 Å². The molecule has 0 saturated heterocycles. The molecule has 0 aromatic carbocycles. The lowest BCUT2D eigenvalue weighted by Crippen LogP contribution is -2.27. The maximum atomic E-state index is 4.29. The van der Waals surface area contributed by atoms with Gasteiger partial charge in [-0.1, -0.05) is 19.8 Å². The minimum Gasteiger partial charge on any atom is -0.317 e. The van der Waals surface area contributed by atoms with Crippen molar-refractivity contribution in [3.63, 3.8) is 0 Å². The van der Waals surface area contributed by atoms with Crippen molar-refractivity contribution in [2.24, 2.45) is 0 Å². The van der Waals surface area contributed by atoms with Gasteiger partial charge in [0.25, 0.3) is 0 Å². The third-order valence-corrected chi connectivity index (χ3v) is 2.81. The van der Waals surface area contributed by atoms with E-state index in [0.717, 1.165) is 13.0 Å². The summed E-state index contributed by atoms with van der Waals surface area (Å²) in [6.45, 7) is 5.31. The Hall–Kier alpha value is -0.830. The van der Waals surface area contributed by atoms with Gasteiger partial charge in [-0.25, -0.2) is 0 Å². The Labute approximate surface area is 92.9 Å². The molecule has 1 heterocycles. The van der Waals surface area contributed by atoms with Crippen LogP contribution in [0.2, 0.25) is 0 Å². The zero-order chi connectivity index (χ0) is 11.1. The Morgan fingerprint density at radius 2 is 2.27 bits per heavy atom. The van der Waals surface area contributed by atoms with E-state index in [4.69, 9.17) is 0 Å². The van der Waals surface area contributed by atoms with Gasteiger partial charge < -0.3 is 5.32 Å². The van der Waals surface area contributed by atoms with Crippen LogP contribution in [0.1, 0.15) is 38.7 Å². The normalized spacial score (nSPS) is 13.0. The lowest BCUT2D eigenvalue weighted by molar-refractivity contribution is 0.498. The summed E-state index contributed by atoms with van der Waals surface area (Å²) in [5.74, 6) is 0. The zero-order valence-electron chi connectivity index (χ0n) is 10.2. The van der Waals surface area contributed by atoms with E-state index < -0.39 is 0 Å². The standard InChI is InChI=1S/C12H23N3/c1-4-6-7-12(13-3)8-11-9-14-15(5-2)10-11/h9-10,12-13H,4-8H2,1-3H3. The smallest absolute Gasteiger partial charge is 0.0522 e. The van der Waals surface area contributed by atoms with Crippen molar-refractivity contribution in [3.8, 4) is 0 Å². The summed E-state index contributed by atoms with van der Waals surface area (Å²) in [4.78, 5) is 0. The quantitative estimate of drug-likeness (QED) is 0.746. The average Bonchev–Trinajstić information content (AvgIpc) is 2.71. The van der Waals surface area contributed by atoms with Gasteiger partial charge in [-0.3, -0.25) is 4.68 Å². The molecule has 86 valence electrons. The van der Waals surface area contributed by atoms with Gasteiger partial charge in [-0.15, -0.1) is 0 Å². The number of aromatic nitrogens is 2. The number of aryl methyl sites for hydroxylation is 1. The summed E-state index contributed by atoms with van der Waals surface area (Å²) in [5.41, 5.74) is 1.34. The molecule has 0 aliphatic heterocycles. The van der Waals surface area contributed by atoms with Crippen LogP contribution >= 0.6 is 0 Å².